The van der Waals surface area contributed by atoms with Crippen LogP contribution < -0.4 is 10.5 Å². The highest BCUT2D eigenvalue weighted by molar-refractivity contribution is 5.39. The number of aromatic hydroxyl groups is 1. The van der Waals surface area contributed by atoms with Crippen molar-refractivity contribution in [3.8, 4) is 11.5 Å². The van der Waals surface area contributed by atoms with Crippen molar-refractivity contribution in [2.45, 2.75) is 19.0 Å². The van der Waals surface area contributed by atoms with E-state index in [-0.39, 0.29) is 6.04 Å². The van der Waals surface area contributed by atoms with Gasteiger partial charge < -0.3 is 15.6 Å². The first kappa shape index (κ1) is 11.2. The lowest BCUT2D eigenvalue weighted by Crippen LogP contribution is -2.26. The van der Waals surface area contributed by atoms with Gasteiger partial charge >= 0.3 is 0 Å². The van der Waals surface area contributed by atoms with Crippen LogP contribution in [0.2, 0.25) is 0 Å². The summed E-state index contributed by atoms with van der Waals surface area (Å²) in [5.74, 6) is 0.971. The number of nitrogens with zero attached hydrogens (tertiary/aromatic N) is 1. The fourth-order valence-corrected chi connectivity index (χ4v) is 2.05. The predicted octanol–water partition coefficient (Wildman–Crippen LogP) is 0.934. The summed E-state index contributed by atoms with van der Waals surface area (Å²) in [7, 11) is 1.59. The third-order valence-electron chi connectivity index (χ3n) is 3.00. The van der Waals surface area contributed by atoms with Crippen LogP contribution in [0.3, 0.4) is 0 Å². The van der Waals surface area contributed by atoms with Crippen molar-refractivity contribution in [2.75, 3.05) is 20.2 Å². The number of likely N-dealkylation sites (tertiary alicyclic amines) is 1. The monoisotopic (exact) mass is 222 g/mol. The van der Waals surface area contributed by atoms with Crippen LogP contribution in [-0.2, 0) is 6.54 Å². The Hall–Kier alpha value is -1.26. The molecule has 1 aromatic carbocycles. The number of phenolic OH excluding ortho intramolecular Hbond substituents is 1. The molecule has 1 atom stereocenters. The van der Waals surface area contributed by atoms with Gasteiger partial charge in [0.2, 0.25) is 0 Å². The normalized spacial score (nSPS) is 21.2. The molecule has 0 bridgehead atoms. The van der Waals surface area contributed by atoms with Crippen LogP contribution in [0.4, 0.5) is 0 Å². The van der Waals surface area contributed by atoms with Crippen LogP contribution in [0.1, 0.15) is 12.0 Å². The molecule has 0 radical (unpaired) electrons. The Morgan fingerprint density at radius 2 is 2.38 bits per heavy atom. The lowest BCUT2D eigenvalue weighted by molar-refractivity contribution is 0.319. The maximum Gasteiger partial charge on any atom is 0.123 e. The molecule has 1 aromatic rings. The summed E-state index contributed by atoms with van der Waals surface area (Å²) in [4.78, 5) is 2.26. The van der Waals surface area contributed by atoms with Gasteiger partial charge in [0, 0.05) is 37.3 Å². The van der Waals surface area contributed by atoms with E-state index in [1.54, 1.807) is 13.2 Å². The molecule has 0 aliphatic carbocycles. The summed E-state index contributed by atoms with van der Waals surface area (Å²) in [5.41, 5.74) is 6.76. The van der Waals surface area contributed by atoms with E-state index in [0.29, 0.717) is 11.5 Å². The Balaban J connectivity index is 2.04. The van der Waals surface area contributed by atoms with Gasteiger partial charge in [0.25, 0.3) is 0 Å². The minimum Gasteiger partial charge on any atom is -0.507 e. The summed E-state index contributed by atoms with van der Waals surface area (Å²) < 4.78 is 5.04. The standard InChI is InChI=1S/C12H18N2O2/c1-16-11-3-2-9(12(15)6-11)7-14-5-4-10(13)8-14/h2-3,6,10,15H,4-5,7-8,13H2,1H3. The van der Waals surface area contributed by atoms with Gasteiger partial charge in [-0.05, 0) is 12.5 Å². The second kappa shape index (κ2) is 4.72. The van der Waals surface area contributed by atoms with Gasteiger partial charge in [-0.25, -0.2) is 0 Å². The Morgan fingerprint density at radius 1 is 1.56 bits per heavy atom. The molecule has 16 heavy (non-hydrogen) atoms. The van der Waals surface area contributed by atoms with E-state index in [2.05, 4.69) is 4.90 Å². The van der Waals surface area contributed by atoms with Crippen molar-refractivity contribution in [1.29, 1.82) is 0 Å². The zero-order valence-electron chi connectivity index (χ0n) is 9.52. The van der Waals surface area contributed by atoms with Crippen molar-refractivity contribution >= 4 is 0 Å². The topological polar surface area (TPSA) is 58.7 Å². The van der Waals surface area contributed by atoms with Gasteiger partial charge in [-0.1, -0.05) is 6.07 Å². The van der Waals surface area contributed by atoms with E-state index in [1.807, 2.05) is 12.1 Å². The second-order valence-corrected chi connectivity index (χ2v) is 4.28. The molecule has 3 N–H and O–H groups in total. The largest absolute Gasteiger partial charge is 0.507 e. The molecular formula is C12H18N2O2. The SMILES string of the molecule is COc1ccc(CN2CCC(N)C2)c(O)c1. The first-order chi connectivity index (χ1) is 7.69. The van der Waals surface area contributed by atoms with E-state index in [4.69, 9.17) is 10.5 Å². The smallest absolute Gasteiger partial charge is 0.123 e. The molecule has 0 saturated carbocycles. The van der Waals surface area contributed by atoms with Crippen molar-refractivity contribution in [3.63, 3.8) is 0 Å². The van der Waals surface area contributed by atoms with Gasteiger partial charge in [-0.2, -0.15) is 0 Å². The molecule has 4 heteroatoms. The first-order valence-corrected chi connectivity index (χ1v) is 5.53. The van der Waals surface area contributed by atoms with Gasteiger partial charge in [-0.3, -0.25) is 4.90 Å². The Kier molecular flexibility index (Phi) is 3.31. The van der Waals surface area contributed by atoms with E-state index in [0.717, 1.165) is 31.6 Å². The maximum absolute atomic E-state index is 9.81. The molecular weight excluding hydrogens is 204 g/mol. The van der Waals surface area contributed by atoms with E-state index in [1.165, 1.54) is 0 Å². The molecule has 0 aromatic heterocycles. The van der Waals surface area contributed by atoms with Crippen molar-refractivity contribution in [1.82, 2.24) is 4.90 Å². The summed E-state index contributed by atoms with van der Waals surface area (Å²) in [6.45, 7) is 2.67. The minimum atomic E-state index is 0.278. The Bertz CT molecular complexity index is 368. The summed E-state index contributed by atoms with van der Waals surface area (Å²) in [6.07, 6.45) is 1.04. The number of rotatable bonds is 3. The van der Waals surface area contributed by atoms with E-state index >= 15 is 0 Å². The fraction of sp³-hybridized carbons (Fsp3) is 0.500. The van der Waals surface area contributed by atoms with Gasteiger partial charge in [0.05, 0.1) is 7.11 Å². The zero-order valence-corrected chi connectivity index (χ0v) is 9.52. The predicted molar refractivity (Wildman–Crippen MR) is 62.5 cm³/mol. The van der Waals surface area contributed by atoms with E-state index in [9.17, 15) is 5.11 Å². The van der Waals surface area contributed by atoms with Crippen LogP contribution in [0.25, 0.3) is 0 Å². The fourth-order valence-electron chi connectivity index (χ4n) is 2.05. The molecule has 1 unspecified atom stereocenters. The molecule has 1 fully saturated rings. The second-order valence-electron chi connectivity index (χ2n) is 4.28. The van der Waals surface area contributed by atoms with E-state index < -0.39 is 0 Å². The Morgan fingerprint density at radius 3 is 2.94 bits per heavy atom. The summed E-state index contributed by atoms with van der Waals surface area (Å²) in [5, 5.41) is 9.81. The Labute approximate surface area is 95.6 Å². The van der Waals surface area contributed by atoms with Crippen LogP contribution in [0.5, 0.6) is 11.5 Å². The average molecular weight is 222 g/mol. The summed E-state index contributed by atoms with van der Waals surface area (Å²) >= 11 is 0. The number of benzene rings is 1. The quantitative estimate of drug-likeness (QED) is 0.799. The first-order valence-electron chi connectivity index (χ1n) is 5.53. The van der Waals surface area contributed by atoms with Gasteiger partial charge in [0.1, 0.15) is 11.5 Å². The van der Waals surface area contributed by atoms with Crippen LogP contribution in [0.15, 0.2) is 18.2 Å². The van der Waals surface area contributed by atoms with Crippen molar-refractivity contribution < 1.29 is 9.84 Å². The minimum absolute atomic E-state index is 0.278. The van der Waals surface area contributed by atoms with Gasteiger partial charge in [-0.15, -0.1) is 0 Å². The molecule has 88 valence electrons. The number of hydrogen-bond acceptors (Lipinski definition) is 4. The lowest BCUT2D eigenvalue weighted by atomic mass is 10.2. The molecule has 0 amide bonds. The zero-order chi connectivity index (χ0) is 11.5. The number of phenols is 1. The number of nitrogens with two attached hydrogens (primary N) is 1. The molecule has 1 aliphatic heterocycles. The third-order valence-corrected chi connectivity index (χ3v) is 3.00. The van der Waals surface area contributed by atoms with Crippen LogP contribution in [0, 0.1) is 0 Å². The van der Waals surface area contributed by atoms with Crippen molar-refractivity contribution in [3.05, 3.63) is 23.8 Å². The molecule has 4 nitrogen and oxygen atoms in total. The maximum atomic E-state index is 9.81. The van der Waals surface area contributed by atoms with Crippen LogP contribution >= 0.6 is 0 Å². The number of ether oxygens (including phenoxy) is 1. The molecule has 1 aliphatic rings. The molecule has 0 spiro atoms. The van der Waals surface area contributed by atoms with Crippen molar-refractivity contribution in [2.24, 2.45) is 5.73 Å². The highest BCUT2D eigenvalue weighted by Gasteiger charge is 2.19. The highest BCUT2D eigenvalue weighted by atomic mass is 16.5. The third kappa shape index (κ3) is 2.46. The van der Waals surface area contributed by atoms with Gasteiger partial charge in [0.15, 0.2) is 0 Å². The molecule has 2 rings (SSSR count). The molecule has 1 saturated heterocycles. The molecule has 1 heterocycles. The number of hydrogen-bond donors (Lipinski definition) is 2. The lowest BCUT2D eigenvalue weighted by Gasteiger charge is -2.16. The number of methoxy groups -OCH3 is 1. The summed E-state index contributed by atoms with van der Waals surface area (Å²) in [6, 6.07) is 5.69. The van der Waals surface area contributed by atoms with Crippen LogP contribution in [-0.4, -0.2) is 36.2 Å². The average Bonchev–Trinajstić information content (AvgIpc) is 2.67. The highest BCUT2D eigenvalue weighted by Crippen LogP contribution is 2.25.